The fourth-order valence-corrected chi connectivity index (χ4v) is 7.42. The summed E-state index contributed by atoms with van der Waals surface area (Å²) in [6, 6.07) is 51.2. The smallest absolute Gasteiger partial charge is 0.0502 e. The zero-order chi connectivity index (χ0) is 33.2. The lowest BCUT2D eigenvalue weighted by Crippen LogP contribution is -2.30. The van der Waals surface area contributed by atoms with Gasteiger partial charge in [-0.15, -0.1) is 0 Å². The van der Waals surface area contributed by atoms with Crippen LogP contribution in [0.2, 0.25) is 0 Å². The van der Waals surface area contributed by atoms with Crippen molar-refractivity contribution in [3.8, 4) is 0 Å². The molecule has 2 aliphatic rings. The van der Waals surface area contributed by atoms with Gasteiger partial charge in [0.1, 0.15) is 0 Å². The topological polar surface area (TPSA) is 15.3 Å². The largest absolute Gasteiger partial charge is 0.355 e. The van der Waals surface area contributed by atoms with Gasteiger partial charge in [0.2, 0.25) is 0 Å². The molecule has 8 rings (SSSR count). The number of fused-ring (bicyclic) bond motifs is 4. The molecule has 0 bridgehead atoms. The Morgan fingerprint density at radius 2 is 0.800 bits per heavy atom. The van der Waals surface area contributed by atoms with E-state index >= 15 is 0 Å². The number of hydrogen-bond acceptors (Lipinski definition) is 2. The highest BCUT2D eigenvalue weighted by atomic mass is 127. The normalized spacial score (nSPS) is 13.5. The van der Waals surface area contributed by atoms with Crippen LogP contribution in [0.25, 0.3) is 0 Å². The molecule has 2 heterocycles. The maximum Gasteiger partial charge on any atom is 0.0502 e. The molecule has 0 unspecified atom stereocenters. The minimum absolute atomic E-state index is 0. The lowest BCUT2D eigenvalue weighted by molar-refractivity contribution is 0.632. The van der Waals surface area contributed by atoms with Crippen LogP contribution in [0, 0.1) is 3.57 Å². The number of nitrogens with zero attached hydrogens (tertiary/aromatic N) is 1. The minimum Gasteiger partial charge on any atom is -0.355 e. The van der Waals surface area contributed by atoms with Crippen molar-refractivity contribution in [2.45, 2.75) is 60.8 Å². The Morgan fingerprint density at radius 1 is 0.460 bits per heavy atom. The molecular weight excluding hydrogens is 855 g/mol. The van der Waals surface area contributed by atoms with E-state index in [4.69, 9.17) is 0 Å². The fourth-order valence-electron chi connectivity index (χ4n) is 6.53. The summed E-state index contributed by atoms with van der Waals surface area (Å²) in [4.78, 5) is 2.36. The summed E-state index contributed by atoms with van der Waals surface area (Å²) in [5.74, 6) is 0. The van der Waals surface area contributed by atoms with E-state index in [2.05, 4.69) is 226 Å². The van der Waals surface area contributed by atoms with Crippen molar-refractivity contribution in [2.24, 2.45) is 0 Å². The summed E-state index contributed by atoms with van der Waals surface area (Å²) in [5.41, 5.74) is 11.7. The molecule has 0 aliphatic carbocycles. The SMILES string of the molecule is Brc1ccc(I)cc1.C.C.C.CC1(C)c2ccccc2N(c2ccc(Br)cc2)c2ccccc21.CC1(C)c2ccccc2Nc2ccccc21. The third kappa shape index (κ3) is 8.38. The molecule has 0 spiro atoms. The van der Waals surface area contributed by atoms with E-state index in [1.54, 1.807) is 0 Å². The summed E-state index contributed by atoms with van der Waals surface area (Å²) in [7, 11) is 0. The molecule has 0 saturated carbocycles. The number of nitrogens with one attached hydrogen (secondary N) is 1. The number of para-hydroxylation sites is 4. The minimum atomic E-state index is -0.000942. The lowest BCUT2D eigenvalue weighted by atomic mass is 9.73. The molecular formula is C45H49Br2IN2. The van der Waals surface area contributed by atoms with Crippen molar-refractivity contribution in [3.63, 3.8) is 0 Å². The average Bonchev–Trinajstić information content (AvgIpc) is 3.08. The van der Waals surface area contributed by atoms with Gasteiger partial charge < -0.3 is 10.2 Å². The molecule has 50 heavy (non-hydrogen) atoms. The van der Waals surface area contributed by atoms with Gasteiger partial charge in [-0.25, -0.2) is 0 Å². The first-order chi connectivity index (χ1) is 22.6. The van der Waals surface area contributed by atoms with Gasteiger partial charge >= 0.3 is 0 Å². The van der Waals surface area contributed by atoms with Crippen LogP contribution in [0.15, 0.2) is 155 Å². The van der Waals surface area contributed by atoms with Gasteiger partial charge in [-0.1, -0.05) is 155 Å². The highest BCUT2D eigenvalue weighted by molar-refractivity contribution is 14.1. The average molecular weight is 905 g/mol. The Morgan fingerprint density at radius 3 is 1.22 bits per heavy atom. The predicted octanol–water partition coefficient (Wildman–Crippen LogP) is 15.6. The summed E-state index contributed by atoms with van der Waals surface area (Å²) >= 11 is 9.15. The van der Waals surface area contributed by atoms with E-state index < -0.39 is 0 Å². The number of halogens is 3. The Bertz CT molecular complexity index is 1880. The number of rotatable bonds is 1. The Balaban J connectivity index is 0.000000219. The molecule has 0 aromatic heterocycles. The van der Waals surface area contributed by atoms with Gasteiger partial charge in [-0.2, -0.15) is 0 Å². The van der Waals surface area contributed by atoms with Crippen molar-refractivity contribution >= 4 is 82.9 Å². The van der Waals surface area contributed by atoms with Gasteiger partial charge in [0.05, 0.1) is 11.4 Å². The molecule has 0 atom stereocenters. The first-order valence-corrected chi connectivity index (χ1v) is 18.4. The molecule has 6 aromatic rings. The van der Waals surface area contributed by atoms with Crippen LogP contribution < -0.4 is 10.2 Å². The third-order valence-corrected chi connectivity index (χ3v) is 10.8. The first kappa shape index (κ1) is 41.0. The molecule has 6 aromatic carbocycles. The van der Waals surface area contributed by atoms with Crippen LogP contribution in [-0.2, 0) is 10.8 Å². The van der Waals surface area contributed by atoms with E-state index in [9.17, 15) is 0 Å². The third-order valence-electron chi connectivity index (χ3n) is 9.00. The molecule has 0 saturated heterocycles. The van der Waals surface area contributed by atoms with E-state index in [1.165, 1.54) is 54.3 Å². The maximum atomic E-state index is 3.53. The van der Waals surface area contributed by atoms with Crippen LogP contribution >= 0.6 is 54.5 Å². The van der Waals surface area contributed by atoms with Gasteiger partial charge in [0, 0.05) is 40.4 Å². The van der Waals surface area contributed by atoms with Gasteiger partial charge in [-0.3, -0.25) is 0 Å². The van der Waals surface area contributed by atoms with E-state index in [1.807, 2.05) is 12.1 Å². The van der Waals surface area contributed by atoms with Gasteiger partial charge in [0.15, 0.2) is 0 Å². The van der Waals surface area contributed by atoms with E-state index in [0.717, 1.165) is 8.95 Å². The number of anilines is 5. The van der Waals surface area contributed by atoms with Crippen molar-refractivity contribution < 1.29 is 0 Å². The van der Waals surface area contributed by atoms with E-state index in [-0.39, 0.29) is 33.1 Å². The molecule has 0 fully saturated rings. The summed E-state index contributed by atoms with van der Waals surface area (Å²) in [6.07, 6.45) is 0. The standard InChI is InChI=1S/C21H18BrN.C15H15N.C6H4BrI.3CH4/c1-21(2)17-7-3-5-9-19(17)23(16-13-11-15(22)12-14-16)20-10-6-4-8-18(20)21;1-15(2)11-7-3-5-9-13(11)16-14-10-6-4-8-12(14)15;7-5-1-3-6(8)4-2-5;;;/h3-14H,1-2H3;3-10,16H,1-2H3;1-4H;3*1H4. The number of benzene rings is 6. The monoisotopic (exact) mass is 902 g/mol. The second-order valence-electron chi connectivity index (χ2n) is 12.7. The van der Waals surface area contributed by atoms with Crippen molar-refractivity contribution in [3.05, 3.63) is 180 Å². The Kier molecular flexibility index (Phi) is 14.1. The van der Waals surface area contributed by atoms with Crippen LogP contribution in [0.5, 0.6) is 0 Å². The highest BCUT2D eigenvalue weighted by Gasteiger charge is 2.36. The molecule has 5 heteroatoms. The van der Waals surface area contributed by atoms with Crippen LogP contribution in [0.4, 0.5) is 28.4 Å². The summed E-state index contributed by atoms with van der Waals surface area (Å²) < 4.78 is 3.50. The molecule has 2 aliphatic heterocycles. The van der Waals surface area contributed by atoms with Crippen molar-refractivity contribution in [1.29, 1.82) is 0 Å². The highest BCUT2D eigenvalue weighted by Crippen LogP contribution is 2.51. The zero-order valence-corrected chi connectivity index (χ0v) is 32.3. The van der Waals surface area contributed by atoms with E-state index in [0.29, 0.717) is 0 Å². The Labute approximate surface area is 331 Å². The van der Waals surface area contributed by atoms with Crippen molar-refractivity contribution in [2.75, 3.05) is 10.2 Å². The second-order valence-corrected chi connectivity index (χ2v) is 15.8. The quantitative estimate of drug-likeness (QED) is 0.165. The van der Waals surface area contributed by atoms with Crippen LogP contribution in [0.3, 0.4) is 0 Å². The predicted molar refractivity (Wildman–Crippen MR) is 236 cm³/mol. The maximum absolute atomic E-state index is 3.53. The number of hydrogen-bond donors (Lipinski definition) is 1. The zero-order valence-electron chi connectivity index (χ0n) is 26.9. The molecule has 0 amide bonds. The van der Waals surface area contributed by atoms with Gasteiger partial charge in [0.25, 0.3) is 0 Å². The fraction of sp³-hybridized carbons (Fsp3) is 0.200. The Hall–Kier alpha value is -3.39. The van der Waals surface area contributed by atoms with Crippen LogP contribution in [-0.4, -0.2) is 0 Å². The first-order valence-electron chi connectivity index (χ1n) is 15.7. The lowest BCUT2D eigenvalue weighted by Gasteiger charge is -2.42. The second kappa shape index (κ2) is 17.2. The molecule has 0 radical (unpaired) electrons. The molecule has 260 valence electrons. The summed E-state index contributed by atoms with van der Waals surface area (Å²) in [6.45, 7) is 9.18. The summed E-state index contributed by atoms with van der Waals surface area (Å²) in [5, 5.41) is 3.50. The van der Waals surface area contributed by atoms with Gasteiger partial charge in [-0.05, 0) is 118 Å². The van der Waals surface area contributed by atoms with Crippen LogP contribution in [0.1, 0.15) is 72.2 Å². The molecule has 2 nitrogen and oxygen atoms in total. The molecule has 1 N–H and O–H groups in total. The van der Waals surface area contributed by atoms with Crippen molar-refractivity contribution in [1.82, 2.24) is 0 Å².